The Hall–Kier alpha value is -2.79. The summed E-state index contributed by atoms with van der Waals surface area (Å²) < 4.78 is 13.2. The Balaban J connectivity index is 1.44. The monoisotopic (exact) mass is 363 g/mol. The van der Waals surface area contributed by atoms with Gasteiger partial charge in [0.1, 0.15) is 13.2 Å². The molecule has 0 bridgehead atoms. The van der Waals surface area contributed by atoms with Crippen molar-refractivity contribution in [3.63, 3.8) is 0 Å². The van der Waals surface area contributed by atoms with Crippen LogP contribution in [-0.4, -0.2) is 34.4 Å². The van der Waals surface area contributed by atoms with Gasteiger partial charge in [0.2, 0.25) is 0 Å². The summed E-state index contributed by atoms with van der Waals surface area (Å²) in [5, 5.41) is 4.28. The number of hydrogen-bond donors (Lipinski definition) is 0. The highest BCUT2D eigenvalue weighted by Gasteiger charge is 2.13. The molecule has 0 saturated heterocycles. The molecule has 0 N–H and O–H groups in total. The predicted molar refractivity (Wildman–Crippen MR) is 105 cm³/mol. The van der Waals surface area contributed by atoms with Gasteiger partial charge in [-0.05, 0) is 54.4 Å². The second-order valence-corrected chi connectivity index (χ2v) is 6.81. The summed E-state index contributed by atoms with van der Waals surface area (Å²) in [4.78, 5) is 2.47. The SMILES string of the molecule is CCCN(Cc1ccc(-n2cccn2)cc1)Cc1ccc2c(c1)OCCO2. The fraction of sp³-hybridized carbons (Fsp3) is 0.318. The molecule has 27 heavy (non-hydrogen) atoms. The van der Waals surface area contributed by atoms with Crippen molar-refractivity contribution in [1.82, 2.24) is 14.7 Å². The minimum Gasteiger partial charge on any atom is -0.486 e. The van der Waals surface area contributed by atoms with Gasteiger partial charge in [-0.25, -0.2) is 4.68 Å². The highest BCUT2D eigenvalue weighted by Crippen LogP contribution is 2.31. The lowest BCUT2D eigenvalue weighted by molar-refractivity contribution is 0.171. The van der Waals surface area contributed by atoms with Crippen LogP contribution in [0.1, 0.15) is 24.5 Å². The van der Waals surface area contributed by atoms with Crippen LogP contribution in [0, 0.1) is 0 Å². The van der Waals surface area contributed by atoms with E-state index in [9.17, 15) is 0 Å². The van der Waals surface area contributed by atoms with Gasteiger partial charge in [-0.3, -0.25) is 4.90 Å². The first kappa shape index (κ1) is 17.6. The molecule has 3 aromatic rings. The van der Waals surface area contributed by atoms with Crippen molar-refractivity contribution in [2.45, 2.75) is 26.4 Å². The molecule has 0 radical (unpaired) electrons. The van der Waals surface area contributed by atoms with Gasteiger partial charge in [0.05, 0.1) is 5.69 Å². The lowest BCUT2D eigenvalue weighted by Gasteiger charge is -2.24. The number of fused-ring (bicyclic) bond motifs is 1. The van der Waals surface area contributed by atoms with Crippen molar-refractivity contribution in [2.75, 3.05) is 19.8 Å². The molecule has 0 unspecified atom stereocenters. The second-order valence-electron chi connectivity index (χ2n) is 6.81. The van der Waals surface area contributed by atoms with Crippen LogP contribution in [-0.2, 0) is 13.1 Å². The molecule has 0 spiro atoms. The van der Waals surface area contributed by atoms with E-state index in [1.165, 1.54) is 11.1 Å². The van der Waals surface area contributed by atoms with Gasteiger partial charge < -0.3 is 9.47 Å². The largest absolute Gasteiger partial charge is 0.486 e. The zero-order valence-corrected chi connectivity index (χ0v) is 15.7. The van der Waals surface area contributed by atoms with E-state index in [1.54, 1.807) is 6.20 Å². The van der Waals surface area contributed by atoms with Crippen molar-refractivity contribution in [2.24, 2.45) is 0 Å². The van der Waals surface area contributed by atoms with Crippen LogP contribution < -0.4 is 9.47 Å². The molecule has 140 valence electrons. The average molecular weight is 363 g/mol. The number of ether oxygens (including phenoxy) is 2. The third kappa shape index (κ3) is 4.31. The minimum absolute atomic E-state index is 0.623. The highest BCUT2D eigenvalue weighted by molar-refractivity contribution is 5.43. The predicted octanol–water partition coefficient (Wildman–Crippen LogP) is 4.06. The van der Waals surface area contributed by atoms with Crippen molar-refractivity contribution < 1.29 is 9.47 Å². The van der Waals surface area contributed by atoms with E-state index in [0.29, 0.717) is 13.2 Å². The van der Waals surface area contributed by atoms with E-state index < -0.39 is 0 Å². The molecule has 0 fully saturated rings. The van der Waals surface area contributed by atoms with Gasteiger partial charge in [0.25, 0.3) is 0 Å². The van der Waals surface area contributed by atoms with E-state index in [-0.39, 0.29) is 0 Å². The Morgan fingerprint density at radius 3 is 2.44 bits per heavy atom. The Kier molecular flexibility index (Phi) is 5.39. The molecule has 1 aliphatic heterocycles. The molecule has 1 aromatic heterocycles. The number of aromatic nitrogens is 2. The van der Waals surface area contributed by atoms with Gasteiger partial charge in [-0.1, -0.05) is 25.1 Å². The van der Waals surface area contributed by atoms with E-state index in [2.05, 4.69) is 53.3 Å². The van der Waals surface area contributed by atoms with Crippen molar-refractivity contribution in [3.8, 4) is 17.2 Å². The maximum Gasteiger partial charge on any atom is 0.161 e. The smallest absolute Gasteiger partial charge is 0.161 e. The lowest BCUT2D eigenvalue weighted by Crippen LogP contribution is -2.24. The molecule has 2 aromatic carbocycles. The van der Waals surface area contributed by atoms with Crippen molar-refractivity contribution in [1.29, 1.82) is 0 Å². The molecule has 4 rings (SSSR count). The molecule has 5 heteroatoms. The summed E-state index contributed by atoms with van der Waals surface area (Å²) in [5.41, 5.74) is 3.63. The fourth-order valence-corrected chi connectivity index (χ4v) is 3.41. The van der Waals surface area contributed by atoms with Crippen LogP contribution in [0.25, 0.3) is 5.69 Å². The van der Waals surface area contributed by atoms with Gasteiger partial charge in [0, 0.05) is 25.5 Å². The fourth-order valence-electron chi connectivity index (χ4n) is 3.41. The van der Waals surface area contributed by atoms with E-state index >= 15 is 0 Å². The zero-order chi connectivity index (χ0) is 18.5. The Bertz CT molecular complexity index is 860. The first-order valence-electron chi connectivity index (χ1n) is 9.51. The zero-order valence-electron chi connectivity index (χ0n) is 15.7. The summed E-state index contributed by atoms with van der Waals surface area (Å²) in [6.07, 6.45) is 4.88. The second kappa shape index (κ2) is 8.27. The van der Waals surface area contributed by atoms with E-state index in [4.69, 9.17) is 9.47 Å². The van der Waals surface area contributed by atoms with Crippen LogP contribution in [0.15, 0.2) is 60.9 Å². The Labute approximate surface area is 160 Å². The van der Waals surface area contributed by atoms with E-state index in [0.717, 1.165) is 43.2 Å². The Morgan fingerprint density at radius 2 is 1.70 bits per heavy atom. The Morgan fingerprint density at radius 1 is 0.963 bits per heavy atom. The molecular weight excluding hydrogens is 338 g/mol. The highest BCUT2D eigenvalue weighted by atomic mass is 16.6. The minimum atomic E-state index is 0.623. The summed E-state index contributed by atoms with van der Waals surface area (Å²) in [6, 6.07) is 16.8. The summed E-state index contributed by atoms with van der Waals surface area (Å²) in [7, 11) is 0. The normalized spacial score (nSPS) is 13.1. The van der Waals surface area contributed by atoms with Gasteiger partial charge >= 0.3 is 0 Å². The third-order valence-corrected chi connectivity index (χ3v) is 4.66. The molecule has 0 atom stereocenters. The summed E-state index contributed by atoms with van der Waals surface area (Å²) >= 11 is 0. The molecular formula is C22H25N3O2. The van der Waals surface area contributed by atoms with Crippen LogP contribution in [0.3, 0.4) is 0 Å². The number of nitrogens with zero attached hydrogens (tertiary/aromatic N) is 3. The first-order valence-corrected chi connectivity index (χ1v) is 9.51. The molecule has 0 saturated carbocycles. The lowest BCUT2D eigenvalue weighted by atomic mass is 10.1. The van der Waals surface area contributed by atoms with Crippen LogP contribution >= 0.6 is 0 Å². The van der Waals surface area contributed by atoms with Crippen LogP contribution in [0.5, 0.6) is 11.5 Å². The molecule has 0 amide bonds. The van der Waals surface area contributed by atoms with E-state index in [1.807, 2.05) is 23.0 Å². The van der Waals surface area contributed by atoms with Crippen LogP contribution in [0.4, 0.5) is 0 Å². The molecule has 1 aliphatic rings. The topological polar surface area (TPSA) is 39.5 Å². The van der Waals surface area contributed by atoms with Gasteiger partial charge in [0.15, 0.2) is 11.5 Å². The van der Waals surface area contributed by atoms with Crippen LogP contribution in [0.2, 0.25) is 0 Å². The summed E-state index contributed by atoms with van der Waals surface area (Å²) in [6.45, 7) is 6.33. The van der Waals surface area contributed by atoms with Gasteiger partial charge in [-0.15, -0.1) is 0 Å². The quantitative estimate of drug-likeness (QED) is 0.635. The number of benzene rings is 2. The molecule has 0 aliphatic carbocycles. The first-order chi connectivity index (χ1) is 13.3. The number of rotatable bonds is 7. The maximum atomic E-state index is 5.72. The van der Waals surface area contributed by atoms with Crippen molar-refractivity contribution in [3.05, 3.63) is 72.1 Å². The molecule has 5 nitrogen and oxygen atoms in total. The van der Waals surface area contributed by atoms with Gasteiger partial charge in [-0.2, -0.15) is 5.10 Å². The van der Waals surface area contributed by atoms with Crippen molar-refractivity contribution >= 4 is 0 Å². The number of hydrogen-bond acceptors (Lipinski definition) is 4. The molecule has 2 heterocycles. The standard InChI is InChI=1S/C22H25N3O2/c1-2-11-24(17-19-6-9-21-22(15-19)27-14-13-26-21)16-18-4-7-20(8-5-18)25-12-3-10-23-25/h3-10,12,15H,2,11,13-14,16-17H2,1H3. The third-order valence-electron chi connectivity index (χ3n) is 4.66. The average Bonchev–Trinajstić information content (AvgIpc) is 3.23. The summed E-state index contributed by atoms with van der Waals surface area (Å²) in [5.74, 6) is 1.71. The maximum absolute atomic E-state index is 5.72.